The number of H-pyrrole nitrogens is 1. The van der Waals surface area contributed by atoms with E-state index in [1.807, 2.05) is 0 Å². The summed E-state index contributed by atoms with van der Waals surface area (Å²) in [5.74, 6) is -0.468. The molecule has 1 N–H and O–H groups in total. The highest BCUT2D eigenvalue weighted by Gasteiger charge is 1.86. The minimum absolute atomic E-state index is 0.310. The van der Waals surface area contributed by atoms with Gasteiger partial charge in [0.05, 0.1) is 6.20 Å². The average molecular weight is 117 g/mol. The van der Waals surface area contributed by atoms with Gasteiger partial charge in [0.15, 0.2) is 5.09 Å². The molecule has 1 rings (SSSR count). The Morgan fingerprint density at radius 2 is 2.57 bits per heavy atom. The molecule has 0 aromatic carbocycles. The van der Waals surface area contributed by atoms with Gasteiger partial charge in [-0.2, -0.15) is 0 Å². The van der Waals surface area contributed by atoms with Gasteiger partial charge in [-0.3, -0.25) is 4.98 Å². The van der Waals surface area contributed by atoms with Gasteiger partial charge in [-0.15, -0.1) is 12.6 Å². The third-order valence-electron chi connectivity index (χ3n) is 0.511. The second-order valence-electron chi connectivity index (χ2n) is 1.02. The van der Waals surface area contributed by atoms with E-state index in [1.165, 1.54) is 6.20 Å². The summed E-state index contributed by atoms with van der Waals surface area (Å²) in [6.07, 6.45) is 1.38. The van der Waals surface area contributed by atoms with Gasteiger partial charge in [0.25, 0.3) is 0 Å². The number of oxazole rings is 1. The molecule has 0 saturated heterocycles. The number of aromatic nitrogens is 1. The first-order chi connectivity index (χ1) is 3.29. The van der Waals surface area contributed by atoms with E-state index in [2.05, 4.69) is 22.0 Å². The zero-order valence-electron chi connectivity index (χ0n) is 3.34. The fraction of sp³-hybridized carbons (Fsp3) is 0. The van der Waals surface area contributed by atoms with E-state index < -0.39 is 5.76 Å². The first kappa shape index (κ1) is 4.52. The highest BCUT2D eigenvalue weighted by atomic mass is 32.1. The van der Waals surface area contributed by atoms with Crippen LogP contribution in [-0.2, 0) is 0 Å². The molecule has 0 bridgehead atoms. The van der Waals surface area contributed by atoms with Gasteiger partial charge in [0.1, 0.15) is 0 Å². The second kappa shape index (κ2) is 1.46. The summed E-state index contributed by atoms with van der Waals surface area (Å²) < 4.78 is 4.34. The fourth-order valence-electron chi connectivity index (χ4n) is 0.275. The molecule has 0 aliphatic carbocycles. The molecule has 0 aliphatic heterocycles. The topological polar surface area (TPSA) is 46.0 Å². The lowest BCUT2D eigenvalue weighted by molar-refractivity contribution is 0.437. The molecule has 3 nitrogen and oxygen atoms in total. The molecule has 1 aromatic rings. The van der Waals surface area contributed by atoms with Crippen molar-refractivity contribution < 1.29 is 4.42 Å². The molecule has 1 aromatic heterocycles. The highest BCUT2D eigenvalue weighted by Crippen LogP contribution is 1.95. The van der Waals surface area contributed by atoms with Crippen molar-refractivity contribution in [3.05, 3.63) is 16.7 Å². The third kappa shape index (κ3) is 0.866. The standard InChI is InChI=1S/C3H3NO2S/c5-3-4-1-2(7)6-3/h1,7H,(H,4,5). The maximum absolute atomic E-state index is 10.0. The van der Waals surface area contributed by atoms with Crippen LogP contribution < -0.4 is 5.76 Å². The Labute approximate surface area is 44.8 Å². The minimum Gasteiger partial charge on any atom is -0.402 e. The molecule has 0 unspecified atom stereocenters. The van der Waals surface area contributed by atoms with Crippen molar-refractivity contribution in [3.8, 4) is 0 Å². The maximum Gasteiger partial charge on any atom is 0.417 e. The molecule has 0 saturated carbocycles. The normalized spacial score (nSPS) is 9.29. The lowest BCUT2D eigenvalue weighted by Gasteiger charge is -1.64. The smallest absolute Gasteiger partial charge is 0.402 e. The van der Waals surface area contributed by atoms with Gasteiger partial charge < -0.3 is 4.42 Å². The number of rotatable bonds is 0. The van der Waals surface area contributed by atoms with Crippen LogP contribution in [0.2, 0.25) is 0 Å². The Kier molecular flexibility index (Phi) is 0.941. The van der Waals surface area contributed by atoms with Crippen LogP contribution in [0.5, 0.6) is 0 Å². The summed E-state index contributed by atoms with van der Waals surface area (Å²) in [5.41, 5.74) is 0. The molecule has 0 fully saturated rings. The summed E-state index contributed by atoms with van der Waals surface area (Å²) in [7, 11) is 0. The predicted octanol–water partition coefficient (Wildman–Crippen LogP) is 0.257. The molecule has 38 valence electrons. The lowest BCUT2D eigenvalue weighted by atomic mass is 11.0. The Morgan fingerprint density at radius 3 is 2.71 bits per heavy atom. The molecule has 0 atom stereocenters. The van der Waals surface area contributed by atoms with Crippen molar-refractivity contribution in [2.24, 2.45) is 0 Å². The summed E-state index contributed by atoms with van der Waals surface area (Å²) in [4.78, 5) is 12.3. The highest BCUT2D eigenvalue weighted by molar-refractivity contribution is 7.80. The molecule has 4 heteroatoms. The van der Waals surface area contributed by atoms with Gasteiger partial charge in [-0.1, -0.05) is 0 Å². The van der Waals surface area contributed by atoms with Gasteiger partial charge in [0, 0.05) is 0 Å². The summed E-state index contributed by atoms with van der Waals surface area (Å²) in [5, 5.41) is 0.310. The van der Waals surface area contributed by atoms with Crippen LogP contribution in [0.3, 0.4) is 0 Å². The van der Waals surface area contributed by atoms with Crippen molar-refractivity contribution in [2.75, 3.05) is 0 Å². The molecule has 0 amide bonds. The van der Waals surface area contributed by atoms with Crippen LogP contribution in [0.1, 0.15) is 0 Å². The van der Waals surface area contributed by atoms with Crippen LogP contribution in [0, 0.1) is 0 Å². The zero-order chi connectivity index (χ0) is 5.28. The SMILES string of the molecule is O=c1[nH]cc(S)o1. The Hall–Kier alpha value is -0.640. The van der Waals surface area contributed by atoms with Crippen LogP contribution in [0.15, 0.2) is 20.5 Å². The van der Waals surface area contributed by atoms with E-state index in [1.54, 1.807) is 0 Å². The van der Waals surface area contributed by atoms with Crippen molar-refractivity contribution in [2.45, 2.75) is 5.09 Å². The maximum atomic E-state index is 10.0. The summed E-state index contributed by atoms with van der Waals surface area (Å²) in [6.45, 7) is 0. The molecule has 1 heterocycles. The average Bonchev–Trinajstić information content (AvgIpc) is 1.87. The van der Waals surface area contributed by atoms with Crippen LogP contribution >= 0.6 is 12.6 Å². The Bertz CT molecular complexity index is 201. The van der Waals surface area contributed by atoms with Gasteiger partial charge in [-0.05, 0) is 0 Å². The minimum atomic E-state index is -0.468. The number of hydrogen-bond donors (Lipinski definition) is 2. The summed E-state index contributed by atoms with van der Waals surface area (Å²) >= 11 is 3.71. The number of hydrogen-bond acceptors (Lipinski definition) is 3. The first-order valence-electron chi connectivity index (χ1n) is 1.66. The van der Waals surface area contributed by atoms with Crippen molar-refractivity contribution in [3.63, 3.8) is 0 Å². The quantitative estimate of drug-likeness (QED) is 0.479. The van der Waals surface area contributed by atoms with E-state index in [-0.39, 0.29) is 0 Å². The van der Waals surface area contributed by atoms with Crippen molar-refractivity contribution in [1.29, 1.82) is 0 Å². The second-order valence-corrected chi connectivity index (χ2v) is 1.46. The van der Waals surface area contributed by atoms with Gasteiger partial charge in [-0.25, -0.2) is 4.79 Å². The fourth-order valence-corrected chi connectivity index (χ4v) is 0.422. The number of nitrogens with one attached hydrogen (secondary N) is 1. The number of aromatic amines is 1. The summed E-state index contributed by atoms with van der Waals surface area (Å²) in [6, 6.07) is 0. The largest absolute Gasteiger partial charge is 0.417 e. The van der Waals surface area contributed by atoms with Gasteiger partial charge in [0.2, 0.25) is 0 Å². The van der Waals surface area contributed by atoms with Gasteiger partial charge >= 0.3 is 5.76 Å². The lowest BCUT2D eigenvalue weighted by Crippen LogP contribution is -1.92. The molecule has 0 spiro atoms. The first-order valence-corrected chi connectivity index (χ1v) is 2.11. The van der Waals surface area contributed by atoms with Crippen molar-refractivity contribution >= 4 is 12.6 Å². The molecular weight excluding hydrogens is 114 g/mol. The zero-order valence-corrected chi connectivity index (χ0v) is 4.24. The monoisotopic (exact) mass is 117 g/mol. The van der Waals surface area contributed by atoms with Crippen LogP contribution in [-0.4, -0.2) is 4.98 Å². The third-order valence-corrected chi connectivity index (χ3v) is 0.731. The van der Waals surface area contributed by atoms with E-state index >= 15 is 0 Å². The van der Waals surface area contributed by atoms with E-state index in [9.17, 15) is 4.79 Å². The number of thiol groups is 1. The van der Waals surface area contributed by atoms with E-state index in [4.69, 9.17) is 0 Å². The van der Waals surface area contributed by atoms with E-state index in [0.717, 1.165) is 0 Å². The molecular formula is C3H3NO2S. The molecule has 0 radical (unpaired) electrons. The molecule has 0 aliphatic rings. The van der Waals surface area contributed by atoms with Crippen LogP contribution in [0.25, 0.3) is 0 Å². The Balaban J connectivity index is 3.30. The van der Waals surface area contributed by atoms with Crippen molar-refractivity contribution in [1.82, 2.24) is 4.98 Å². The molecule has 7 heavy (non-hydrogen) atoms. The van der Waals surface area contributed by atoms with E-state index in [0.29, 0.717) is 5.09 Å². The van der Waals surface area contributed by atoms with Crippen LogP contribution in [0.4, 0.5) is 0 Å². The predicted molar refractivity (Wildman–Crippen MR) is 26.6 cm³/mol. The Morgan fingerprint density at radius 1 is 1.86 bits per heavy atom.